The number of sulfone groups is 1. The lowest BCUT2D eigenvalue weighted by Gasteiger charge is -2.10. The minimum Gasteiger partial charge on any atom is -0.494 e. The summed E-state index contributed by atoms with van der Waals surface area (Å²) < 4.78 is 41.8. The smallest absolute Gasteiger partial charge is 0.255 e. The van der Waals surface area contributed by atoms with E-state index in [0.717, 1.165) is 12.3 Å². The van der Waals surface area contributed by atoms with E-state index >= 15 is 0 Å². The molecule has 0 saturated heterocycles. The van der Waals surface area contributed by atoms with Crippen molar-refractivity contribution in [3.05, 3.63) is 53.8 Å². The Labute approximate surface area is 127 Å². The molecule has 0 saturated carbocycles. The van der Waals surface area contributed by atoms with Crippen LogP contribution in [0.1, 0.15) is 10.4 Å². The maximum absolute atomic E-state index is 13.6. The van der Waals surface area contributed by atoms with Gasteiger partial charge in [-0.1, -0.05) is 12.1 Å². The Bertz CT molecular complexity index is 818. The minimum absolute atomic E-state index is 0.00247. The molecular formula is C15H14FNO4S. The summed E-state index contributed by atoms with van der Waals surface area (Å²) in [5.41, 5.74) is 0.202. The van der Waals surface area contributed by atoms with Crippen LogP contribution in [0, 0.1) is 5.82 Å². The zero-order valence-electron chi connectivity index (χ0n) is 12.0. The van der Waals surface area contributed by atoms with Gasteiger partial charge in [-0.2, -0.15) is 0 Å². The number of anilines is 1. The van der Waals surface area contributed by atoms with Gasteiger partial charge in [0.2, 0.25) is 0 Å². The predicted molar refractivity (Wildman–Crippen MR) is 80.5 cm³/mol. The highest BCUT2D eigenvalue weighted by Crippen LogP contribution is 2.22. The van der Waals surface area contributed by atoms with E-state index in [4.69, 9.17) is 4.74 Å². The van der Waals surface area contributed by atoms with Crippen LogP contribution >= 0.6 is 0 Å². The topological polar surface area (TPSA) is 72.5 Å². The summed E-state index contributed by atoms with van der Waals surface area (Å²) in [4.78, 5) is 12.1. The fraction of sp³-hybridized carbons (Fsp3) is 0.133. The SMILES string of the molecule is COc1ccc(C(=O)Nc2ccccc2S(C)(=O)=O)cc1F. The van der Waals surface area contributed by atoms with Gasteiger partial charge >= 0.3 is 0 Å². The fourth-order valence-corrected chi connectivity index (χ4v) is 2.74. The van der Waals surface area contributed by atoms with Crippen LogP contribution < -0.4 is 10.1 Å². The molecule has 2 aromatic carbocycles. The van der Waals surface area contributed by atoms with E-state index in [1.165, 1.54) is 31.4 Å². The van der Waals surface area contributed by atoms with Crippen LogP contribution in [0.5, 0.6) is 5.75 Å². The number of rotatable bonds is 4. The second-order valence-corrected chi connectivity index (χ2v) is 6.56. The van der Waals surface area contributed by atoms with E-state index in [-0.39, 0.29) is 21.9 Å². The number of para-hydroxylation sites is 1. The Kier molecular flexibility index (Phi) is 4.46. The molecule has 116 valence electrons. The lowest BCUT2D eigenvalue weighted by atomic mass is 10.2. The van der Waals surface area contributed by atoms with Gasteiger partial charge < -0.3 is 10.1 Å². The highest BCUT2D eigenvalue weighted by Gasteiger charge is 2.16. The van der Waals surface area contributed by atoms with E-state index in [1.54, 1.807) is 12.1 Å². The Balaban J connectivity index is 2.32. The second-order valence-electron chi connectivity index (χ2n) is 4.57. The third-order valence-corrected chi connectivity index (χ3v) is 4.10. The Morgan fingerprint density at radius 2 is 1.86 bits per heavy atom. The number of carbonyl (C=O) groups is 1. The second kappa shape index (κ2) is 6.15. The summed E-state index contributed by atoms with van der Waals surface area (Å²) in [6.45, 7) is 0. The molecule has 0 heterocycles. The van der Waals surface area contributed by atoms with Crippen molar-refractivity contribution in [3.8, 4) is 5.75 Å². The van der Waals surface area contributed by atoms with Crippen molar-refractivity contribution in [2.24, 2.45) is 0 Å². The lowest BCUT2D eigenvalue weighted by molar-refractivity contribution is 0.102. The average molecular weight is 323 g/mol. The molecule has 5 nitrogen and oxygen atoms in total. The zero-order chi connectivity index (χ0) is 16.3. The molecule has 7 heteroatoms. The largest absolute Gasteiger partial charge is 0.494 e. The van der Waals surface area contributed by atoms with Crippen molar-refractivity contribution in [1.82, 2.24) is 0 Å². The van der Waals surface area contributed by atoms with Crippen molar-refractivity contribution in [3.63, 3.8) is 0 Å². The molecule has 0 aliphatic carbocycles. The minimum atomic E-state index is -3.49. The monoisotopic (exact) mass is 323 g/mol. The zero-order valence-corrected chi connectivity index (χ0v) is 12.8. The third-order valence-electron chi connectivity index (χ3n) is 2.95. The average Bonchev–Trinajstić information content (AvgIpc) is 2.46. The summed E-state index contributed by atoms with van der Waals surface area (Å²) in [7, 11) is -2.17. The summed E-state index contributed by atoms with van der Waals surface area (Å²) in [6, 6.07) is 9.75. The first kappa shape index (κ1) is 16.0. The molecular weight excluding hydrogens is 309 g/mol. The summed E-state index contributed by atoms with van der Waals surface area (Å²) in [5.74, 6) is -1.27. The number of halogens is 1. The molecule has 2 rings (SSSR count). The molecule has 0 bridgehead atoms. The summed E-state index contributed by atoms with van der Waals surface area (Å²) in [5, 5.41) is 2.47. The van der Waals surface area contributed by atoms with Crippen molar-refractivity contribution >= 4 is 21.4 Å². The molecule has 2 aromatic rings. The van der Waals surface area contributed by atoms with Gasteiger partial charge in [0.05, 0.1) is 17.7 Å². The van der Waals surface area contributed by atoms with Crippen LogP contribution in [-0.2, 0) is 9.84 Å². The fourth-order valence-electron chi connectivity index (χ4n) is 1.90. The molecule has 0 spiro atoms. The number of amides is 1. The Hall–Kier alpha value is -2.41. The van der Waals surface area contributed by atoms with Crippen LogP contribution in [0.2, 0.25) is 0 Å². The number of ether oxygens (including phenoxy) is 1. The molecule has 0 radical (unpaired) electrons. The van der Waals surface area contributed by atoms with Crippen molar-refractivity contribution < 1.29 is 22.3 Å². The number of benzene rings is 2. The van der Waals surface area contributed by atoms with Gasteiger partial charge in [0, 0.05) is 11.8 Å². The highest BCUT2D eigenvalue weighted by molar-refractivity contribution is 7.90. The van der Waals surface area contributed by atoms with Gasteiger partial charge in [-0.15, -0.1) is 0 Å². The van der Waals surface area contributed by atoms with Gasteiger partial charge in [-0.25, -0.2) is 12.8 Å². The van der Waals surface area contributed by atoms with Crippen LogP contribution in [0.4, 0.5) is 10.1 Å². The van der Waals surface area contributed by atoms with Crippen LogP contribution in [0.15, 0.2) is 47.4 Å². The van der Waals surface area contributed by atoms with Gasteiger partial charge in [0.1, 0.15) is 0 Å². The first-order chi connectivity index (χ1) is 10.3. The van der Waals surface area contributed by atoms with E-state index in [0.29, 0.717) is 0 Å². The molecule has 1 amide bonds. The quantitative estimate of drug-likeness (QED) is 0.938. The van der Waals surface area contributed by atoms with Crippen LogP contribution in [0.25, 0.3) is 0 Å². The highest BCUT2D eigenvalue weighted by atomic mass is 32.2. The molecule has 0 fully saturated rings. The maximum Gasteiger partial charge on any atom is 0.255 e. The van der Waals surface area contributed by atoms with E-state index in [1.807, 2.05) is 0 Å². The Morgan fingerprint density at radius 1 is 1.18 bits per heavy atom. The van der Waals surface area contributed by atoms with Crippen molar-refractivity contribution in [2.75, 3.05) is 18.7 Å². The number of hydrogen-bond donors (Lipinski definition) is 1. The first-order valence-electron chi connectivity index (χ1n) is 6.27. The van der Waals surface area contributed by atoms with Crippen molar-refractivity contribution in [2.45, 2.75) is 4.90 Å². The lowest BCUT2D eigenvalue weighted by Crippen LogP contribution is -2.14. The maximum atomic E-state index is 13.6. The number of carbonyl (C=O) groups excluding carboxylic acids is 1. The molecule has 0 aromatic heterocycles. The molecule has 0 aliphatic rings. The van der Waals surface area contributed by atoms with E-state index in [2.05, 4.69) is 5.32 Å². The number of methoxy groups -OCH3 is 1. The predicted octanol–water partition coefficient (Wildman–Crippen LogP) is 2.49. The number of nitrogens with one attached hydrogen (secondary N) is 1. The standard InChI is InChI=1S/C15H14FNO4S/c1-21-13-8-7-10(9-11(13)16)15(18)17-12-5-3-4-6-14(12)22(2,19)20/h3-9H,1-2H3,(H,17,18). The van der Waals surface area contributed by atoms with Gasteiger partial charge in [-0.3, -0.25) is 4.79 Å². The summed E-state index contributed by atoms with van der Waals surface area (Å²) >= 11 is 0. The van der Waals surface area contributed by atoms with E-state index < -0.39 is 21.6 Å². The number of hydrogen-bond acceptors (Lipinski definition) is 4. The normalized spacial score (nSPS) is 11.0. The van der Waals surface area contributed by atoms with Crippen LogP contribution in [0.3, 0.4) is 0 Å². The molecule has 22 heavy (non-hydrogen) atoms. The molecule has 0 atom stereocenters. The summed E-state index contributed by atoms with van der Waals surface area (Å²) in [6.07, 6.45) is 1.05. The third kappa shape index (κ3) is 3.43. The molecule has 0 aliphatic heterocycles. The molecule has 1 N–H and O–H groups in total. The van der Waals surface area contributed by atoms with Gasteiger partial charge in [0.15, 0.2) is 21.4 Å². The first-order valence-corrected chi connectivity index (χ1v) is 8.16. The van der Waals surface area contributed by atoms with Gasteiger partial charge in [0.25, 0.3) is 5.91 Å². The van der Waals surface area contributed by atoms with Crippen LogP contribution in [-0.4, -0.2) is 27.7 Å². The van der Waals surface area contributed by atoms with Crippen molar-refractivity contribution in [1.29, 1.82) is 0 Å². The Morgan fingerprint density at radius 3 is 2.45 bits per heavy atom. The van der Waals surface area contributed by atoms with E-state index in [9.17, 15) is 17.6 Å². The molecule has 0 unspecified atom stereocenters. The van der Waals surface area contributed by atoms with Gasteiger partial charge in [-0.05, 0) is 30.3 Å².